The summed E-state index contributed by atoms with van der Waals surface area (Å²) in [4.78, 5) is 15.9. The van der Waals surface area contributed by atoms with Gasteiger partial charge in [0, 0.05) is 37.9 Å². The number of piperidine rings is 1. The molecule has 4 heterocycles. The molecular formula is C30H35F3N6O. The molecule has 1 aliphatic carbocycles. The number of imidazole rings is 1. The lowest BCUT2D eigenvalue weighted by molar-refractivity contribution is -0.136. The van der Waals surface area contributed by atoms with Gasteiger partial charge in [0.1, 0.15) is 12.2 Å². The third-order valence-corrected chi connectivity index (χ3v) is 8.97. The molecular weight excluding hydrogens is 517 g/mol. The van der Waals surface area contributed by atoms with E-state index in [9.17, 15) is 18.0 Å². The van der Waals surface area contributed by atoms with Crippen LogP contribution in [0.4, 0.5) is 13.2 Å². The van der Waals surface area contributed by atoms with E-state index in [1.165, 1.54) is 21.2 Å². The van der Waals surface area contributed by atoms with Crippen LogP contribution in [0.1, 0.15) is 80.4 Å². The molecule has 3 aromatic heterocycles. The van der Waals surface area contributed by atoms with Crippen LogP contribution in [0.3, 0.4) is 0 Å². The van der Waals surface area contributed by atoms with Crippen LogP contribution in [0, 0.1) is 11.8 Å². The summed E-state index contributed by atoms with van der Waals surface area (Å²) in [7, 11) is 1.91. The zero-order valence-electron chi connectivity index (χ0n) is 23.1. The number of pyridine rings is 1. The van der Waals surface area contributed by atoms with Gasteiger partial charge in [-0.1, -0.05) is 25.5 Å². The summed E-state index contributed by atoms with van der Waals surface area (Å²) in [6, 6.07) is 8.52. The summed E-state index contributed by atoms with van der Waals surface area (Å²) in [5.74, 6) is 1.74. The van der Waals surface area contributed by atoms with Crippen LogP contribution in [-0.2, 0) is 13.2 Å². The second-order valence-corrected chi connectivity index (χ2v) is 11.7. The van der Waals surface area contributed by atoms with Gasteiger partial charge in [-0.3, -0.25) is 13.9 Å². The van der Waals surface area contributed by atoms with Gasteiger partial charge in [-0.2, -0.15) is 13.2 Å². The summed E-state index contributed by atoms with van der Waals surface area (Å²) < 4.78 is 47.5. The molecule has 4 aromatic rings. The first-order valence-corrected chi connectivity index (χ1v) is 14.1. The molecule has 212 valence electrons. The Morgan fingerprint density at radius 3 is 2.50 bits per heavy atom. The molecule has 3 atom stereocenters. The number of hydrogen-bond donors (Lipinski definition) is 0. The lowest BCUT2D eigenvalue weighted by Gasteiger charge is -2.36. The van der Waals surface area contributed by atoms with Crippen LogP contribution in [0.5, 0.6) is 0 Å². The molecule has 6 rings (SSSR count). The van der Waals surface area contributed by atoms with E-state index in [0.29, 0.717) is 23.1 Å². The van der Waals surface area contributed by atoms with E-state index in [1.807, 2.05) is 36.7 Å². The molecule has 0 spiro atoms. The van der Waals surface area contributed by atoms with Crippen molar-refractivity contribution in [2.45, 2.75) is 64.1 Å². The number of fused-ring (bicyclic) bond motifs is 1. The Hall–Kier alpha value is -3.40. The smallest absolute Gasteiger partial charge is 0.320 e. The fourth-order valence-corrected chi connectivity index (χ4v) is 6.49. The highest BCUT2D eigenvalue weighted by Gasteiger charge is 2.36. The lowest BCUT2D eigenvalue weighted by Crippen LogP contribution is -2.36. The Morgan fingerprint density at radius 2 is 1.85 bits per heavy atom. The van der Waals surface area contributed by atoms with E-state index in [2.05, 4.69) is 22.0 Å². The first-order chi connectivity index (χ1) is 19.1. The van der Waals surface area contributed by atoms with Crippen LogP contribution in [-0.4, -0.2) is 41.7 Å². The first-order valence-electron chi connectivity index (χ1n) is 14.1. The Kier molecular flexibility index (Phi) is 6.84. The fourth-order valence-electron chi connectivity index (χ4n) is 6.49. The van der Waals surface area contributed by atoms with Crippen molar-refractivity contribution in [2.75, 3.05) is 13.1 Å². The quantitative estimate of drug-likeness (QED) is 0.296. The fraction of sp³-hybridized carbons (Fsp3) is 0.500. The van der Waals surface area contributed by atoms with E-state index in [-0.39, 0.29) is 17.5 Å². The second kappa shape index (κ2) is 10.2. The lowest BCUT2D eigenvalue weighted by atomic mass is 9.72. The van der Waals surface area contributed by atoms with Crippen molar-refractivity contribution in [1.82, 2.24) is 28.6 Å². The average Bonchev–Trinajstić information content (AvgIpc) is 3.47. The van der Waals surface area contributed by atoms with Crippen molar-refractivity contribution in [3.8, 4) is 5.69 Å². The molecule has 2 fully saturated rings. The van der Waals surface area contributed by atoms with E-state index >= 15 is 0 Å². The van der Waals surface area contributed by atoms with Crippen LogP contribution in [0.2, 0.25) is 0 Å². The predicted octanol–water partition coefficient (Wildman–Crippen LogP) is 5.96. The van der Waals surface area contributed by atoms with Gasteiger partial charge in [0.2, 0.25) is 0 Å². The minimum Gasteiger partial charge on any atom is -0.320 e. The van der Waals surface area contributed by atoms with E-state index in [1.54, 1.807) is 18.6 Å². The van der Waals surface area contributed by atoms with E-state index < -0.39 is 17.4 Å². The number of benzene rings is 1. The SMILES string of the molecule is CC(c1cc(C(F)(F)F)c2cn(-c3cccc(C(c4nncn4C)C4CCC4)c3)c(=O)n2c1)N1CCC[C@H](C)C1. The summed E-state index contributed by atoms with van der Waals surface area (Å²) in [6.07, 6.45) is 5.43. The van der Waals surface area contributed by atoms with Crippen LogP contribution in [0.25, 0.3) is 11.2 Å². The molecule has 0 radical (unpaired) electrons. The predicted molar refractivity (Wildman–Crippen MR) is 147 cm³/mol. The summed E-state index contributed by atoms with van der Waals surface area (Å²) in [6.45, 7) is 5.76. The van der Waals surface area contributed by atoms with E-state index in [4.69, 9.17) is 0 Å². The molecule has 0 bridgehead atoms. The van der Waals surface area contributed by atoms with Gasteiger partial charge in [-0.05, 0) is 80.3 Å². The van der Waals surface area contributed by atoms with Crippen LogP contribution < -0.4 is 5.69 Å². The molecule has 0 amide bonds. The summed E-state index contributed by atoms with van der Waals surface area (Å²) in [5.41, 5.74) is 0.553. The largest absolute Gasteiger partial charge is 0.418 e. The highest BCUT2D eigenvalue weighted by Crippen LogP contribution is 2.43. The maximum Gasteiger partial charge on any atom is 0.418 e. The van der Waals surface area contributed by atoms with Gasteiger partial charge in [-0.15, -0.1) is 10.2 Å². The number of nitrogens with zero attached hydrogens (tertiary/aromatic N) is 6. The minimum absolute atomic E-state index is 0.000874. The average molecular weight is 553 g/mol. The number of likely N-dealkylation sites (tertiary alicyclic amines) is 1. The Morgan fingerprint density at radius 1 is 1.05 bits per heavy atom. The standard InChI is InChI=1S/C30H35F3N6O/c1-19-7-6-12-37(15-19)20(2)23-14-25(30(31,32)33)26-17-38(29(40)39(26)16-23)24-11-5-10-22(13-24)27(21-8-4-9-21)28-35-34-18-36(28)3/h5,10-11,13-14,16-21,27H,4,6-9,12,15H2,1-3H3/t19-,20?,27?/m0/s1. The number of halogens is 3. The summed E-state index contributed by atoms with van der Waals surface area (Å²) in [5, 5.41) is 8.44. The monoisotopic (exact) mass is 552 g/mol. The molecule has 2 aliphatic rings. The van der Waals surface area contributed by atoms with E-state index in [0.717, 1.165) is 56.6 Å². The van der Waals surface area contributed by atoms with Crippen molar-refractivity contribution in [2.24, 2.45) is 18.9 Å². The van der Waals surface area contributed by atoms with Gasteiger partial charge in [0.05, 0.1) is 16.8 Å². The normalized spacial score (nSPS) is 20.5. The topological polar surface area (TPSA) is 60.4 Å². The highest BCUT2D eigenvalue weighted by atomic mass is 19.4. The van der Waals surface area contributed by atoms with Crippen molar-refractivity contribution >= 4 is 5.52 Å². The van der Waals surface area contributed by atoms with Crippen LogP contribution >= 0.6 is 0 Å². The minimum atomic E-state index is -4.60. The first kappa shape index (κ1) is 26.8. The van der Waals surface area contributed by atoms with Gasteiger partial charge >= 0.3 is 11.9 Å². The van der Waals surface area contributed by atoms with Crippen molar-refractivity contribution in [1.29, 1.82) is 0 Å². The van der Waals surface area contributed by atoms with Crippen LogP contribution in [0.15, 0.2) is 53.8 Å². The molecule has 1 aliphatic heterocycles. The van der Waals surface area contributed by atoms with Gasteiger partial charge < -0.3 is 4.57 Å². The number of hydrogen-bond acceptors (Lipinski definition) is 4. The third kappa shape index (κ3) is 4.76. The Balaban J connectivity index is 1.45. The summed E-state index contributed by atoms with van der Waals surface area (Å²) >= 11 is 0. The van der Waals surface area contributed by atoms with Crippen molar-refractivity contribution in [3.05, 3.63) is 82.1 Å². The van der Waals surface area contributed by atoms with Gasteiger partial charge in [0.15, 0.2) is 0 Å². The zero-order chi connectivity index (χ0) is 28.2. The number of rotatable bonds is 6. The molecule has 7 nitrogen and oxygen atoms in total. The van der Waals surface area contributed by atoms with Crippen molar-refractivity contribution in [3.63, 3.8) is 0 Å². The van der Waals surface area contributed by atoms with Gasteiger partial charge in [-0.25, -0.2) is 4.79 Å². The number of alkyl halides is 3. The third-order valence-electron chi connectivity index (χ3n) is 8.97. The maximum absolute atomic E-state index is 14.4. The number of aryl methyl sites for hydroxylation is 1. The molecule has 40 heavy (non-hydrogen) atoms. The van der Waals surface area contributed by atoms with Gasteiger partial charge in [0.25, 0.3) is 0 Å². The Bertz CT molecular complexity index is 1580. The van der Waals surface area contributed by atoms with Crippen molar-refractivity contribution < 1.29 is 13.2 Å². The molecule has 2 unspecified atom stereocenters. The molecule has 1 saturated heterocycles. The molecule has 1 aromatic carbocycles. The zero-order valence-corrected chi connectivity index (χ0v) is 23.1. The molecule has 0 N–H and O–H groups in total. The maximum atomic E-state index is 14.4. The second-order valence-electron chi connectivity index (χ2n) is 11.7. The highest BCUT2D eigenvalue weighted by molar-refractivity contribution is 5.58. The Labute approximate surface area is 231 Å². The number of aromatic nitrogens is 5. The molecule has 1 saturated carbocycles. The molecule has 10 heteroatoms.